The molecule has 0 unspecified atom stereocenters. The zero-order valence-electron chi connectivity index (χ0n) is 26.6. The third kappa shape index (κ3) is 7.58. The van der Waals surface area contributed by atoms with Crippen LogP contribution in [0.1, 0.15) is 108 Å². The molecular formula is C39H50P2. The van der Waals surface area contributed by atoms with E-state index in [4.69, 9.17) is 0 Å². The van der Waals surface area contributed by atoms with E-state index in [0.717, 1.165) is 0 Å². The molecule has 0 radical (unpaired) electrons. The number of hydrogen-bond donors (Lipinski definition) is 0. The van der Waals surface area contributed by atoms with Gasteiger partial charge in [-0.1, -0.05) is 152 Å². The minimum absolute atomic E-state index is 0.456. The van der Waals surface area contributed by atoms with Crippen LogP contribution in [0.5, 0.6) is 0 Å². The van der Waals surface area contributed by atoms with Gasteiger partial charge < -0.3 is 0 Å². The highest BCUT2D eigenvalue weighted by atomic mass is 31.1. The Morgan fingerprint density at radius 2 is 0.585 bits per heavy atom. The second-order valence-electron chi connectivity index (χ2n) is 12.5. The summed E-state index contributed by atoms with van der Waals surface area (Å²) < 4.78 is 0. The minimum Gasteiger partial charge on any atom is -0.0619 e. The predicted molar refractivity (Wildman–Crippen MR) is 189 cm³/mol. The Balaban J connectivity index is 1.76. The molecule has 0 aliphatic heterocycles. The van der Waals surface area contributed by atoms with Gasteiger partial charge in [0.2, 0.25) is 0 Å². The lowest BCUT2D eigenvalue weighted by atomic mass is 10.0. The Bertz CT molecular complexity index is 1190. The van der Waals surface area contributed by atoms with E-state index < -0.39 is 15.8 Å². The lowest BCUT2D eigenvalue weighted by Gasteiger charge is -2.29. The summed E-state index contributed by atoms with van der Waals surface area (Å²) in [4.78, 5) is 0. The fourth-order valence-corrected chi connectivity index (χ4v) is 12.3. The zero-order chi connectivity index (χ0) is 29.5. The summed E-state index contributed by atoms with van der Waals surface area (Å²) in [5.74, 6) is 2.09. The number of hydrogen-bond acceptors (Lipinski definition) is 0. The maximum Gasteiger partial charge on any atom is -0.0161 e. The molecule has 0 aromatic heterocycles. The summed E-state index contributed by atoms with van der Waals surface area (Å²) in [6.07, 6.45) is 3.69. The SMILES string of the molecule is CC(C)c1ccccc1P(CCCP(c1ccccc1C(C)C)c1ccccc1C(C)C)c1ccccc1C(C)C. The third-order valence-electron chi connectivity index (χ3n) is 8.16. The van der Waals surface area contributed by atoms with Crippen molar-refractivity contribution in [3.05, 3.63) is 119 Å². The first-order valence-electron chi connectivity index (χ1n) is 15.6. The van der Waals surface area contributed by atoms with E-state index in [9.17, 15) is 0 Å². The van der Waals surface area contributed by atoms with Crippen molar-refractivity contribution in [1.29, 1.82) is 0 Å². The fraction of sp³-hybridized carbons (Fsp3) is 0.385. The second-order valence-corrected chi connectivity index (χ2v) is 17.0. The van der Waals surface area contributed by atoms with Crippen LogP contribution in [0.15, 0.2) is 97.1 Å². The summed E-state index contributed by atoms with van der Waals surface area (Å²) in [7, 11) is -0.911. The van der Waals surface area contributed by atoms with Gasteiger partial charge in [0.1, 0.15) is 0 Å². The van der Waals surface area contributed by atoms with Gasteiger partial charge in [0.15, 0.2) is 0 Å². The van der Waals surface area contributed by atoms with Crippen molar-refractivity contribution in [2.24, 2.45) is 0 Å². The van der Waals surface area contributed by atoms with Gasteiger partial charge >= 0.3 is 0 Å². The highest BCUT2D eigenvalue weighted by Crippen LogP contribution is 2.44. The van der Waals surface area contributed by atoms with Crippen molar-refractivity contribution in [2.75, 3.05) is 12.3 Å². The van der Waals surface area contributed by atoms with Gasteiger partial charge in [0.25, 0.3) is 0 Å². The van der Waals surface area contributed by atoms with Crippen LogP contribution in [0.25, 0.3) is 0 Å². The van der Waals surface area contributed by atoms with Crippen LogP contribution in [0.4, 0.5) is 0 Å². The zero-order valence-corrected chi connectivity index (χ0v) is 28.4. The van der Waals surface area contributed by atoms with Crippen LogP contribution < -0.4 is 21.2 Å². The monoisotopic (exact) mass is 580 g/mol. The maximum atomic E-state index is 2.43. The van der Waals surface area contributed by atoms with Gasteiger partial charge in [0, 0.05) is 0 Å². The molecule has 4 aromatic carbocycles. The van der Waals surface area contributed by atoms with Gasteiger partial charge in [-0.15, -0.1) is 0 Å². The van der Waals surface area contributed by atoms with Crippen molar-refractivity contribution >= 4 is 37.1 Å². The Morgan fingerprint density at radius 3 is 0.805 bits per heavy atom. The lowest BCUT2D eigenvalue weighted by Crippen LogP contribution is -2.24. The van der Waals surface area contributed by atoms with E-state index in [1.165, 1.54) is 41.0 Å². The van der Waals surface area contributed by atoms with Crippen LogP contribution in [0, 0.1) is 0 Å². The van der Waals surface area contributed by atoms with E-state index in [2.05, 4.69) is 152 Å². The highest BCUT2D eigenvalue weighted by molar-refractivity contribution is 7.74. The van der Waals surface area contributed by atoms with Gasteiger partial charge in [-0.25, -0.2) is 0 Å². The first kappa shape index (κ1) is 31.7. The lowest BCUT2D eigenvalue weighted by molar-refractivity contribution is 0.871. The average molecular weight is 581 g/mol. The average Bonchev–Trinajstić information content (AvgIpc) is 2.97. The molecule has 216 valence electrons. The van der Waals surface area contributed by atoms with E-state index in [1.54, 1.807) is 21.2 Å². The van der Waals surface area contributed by atoms with Crippen molar-refractivity contribution in [2.45, 2.75) is 85.5 Å². The van der Waals surface area contributed by atoms with Crippen molar-refractivity contribution in [1.82, 2.24) is 0 Å². The first-order valence-corrected chi connectivity index (χ1v) is 18.7. The first-order chi connectivity index (χ1) is 19.7. The van der Waals surface area contributed by atoms with Crippen LogP contribution in [-0.2, 0) is 0 Å². The molecule has 0 amide bonds. The Kier molecular flexibility index (Phi) is 11.4. The Morgan fingerprint density at radius 1 is 0.366 bits per heavy atom. The summed E-state index contributed by atoms with van der Waals surface area (Å²) in [5.41, 5.74) is 6.09. The Labute approximate surface area is 253 Å². The third-order valence-corrected chi connectivity index (χ3v) is 13.6. The van der Waals surface area contributed by atoms with E-state index >= 15 is 0 Å². The van der Waals surface area contributed by atoms with E-state index in [1.807, 2.05) is 0 Å². The molecule has 0 aliphatic carbocycles. The summed E-state index contributed by atoms with van der Waals surface area (Å²) in [6.45, 7) is 18.8. The van der Waals surface area contributed by atoms with Crippen LogP contribution in [0.2, 0.25) is 0 Å². The summed E-state index contributed by atoms with van der Waals surface area (Å²) in [6, 6.07) is 37.2. The quantitative estimate of drug-likeness (QED) is 0.146. The fourth-order valence-electron chi connectivity index (χ4n) is 6.01. The van der Waals surface area contributed by atoms with E-state index in [0.29, 0.717) is 23.7 Å². The van der Waals surface area contributed by atoms with Gasteiger partial charge in [-0.3, -0.25) is 0 Å². The van der Waals surface area contributed by atoms with E-state index in [-0.39, 0.29) is 0 Å². The predicted octanol–water partition coefficient (Wildman–Crippen LogP) is 10.1. The largest absolute Gasteiger partial charge is 0.0619 e. The second kappa shape index (κ2) is 14.8. The molecule has 0 spiro atoms. The molecule has 4 rings (SSSR count). The number of benzene rings is 4. The number of rotatable bonds is 12. The molecule has 2 heteroatoms. The molecular weight excluding hydrogens is 530 g/mol. The van der Waals surface area contributed by atoms with Crippen molar-refractivity contribution in [3.8, 4) is 0 Å². The molecule has 0 N–H and O–H groups in total. The smallest absolute Gasteiger partial charge is 0.0161 e. The Hall–Kier alpha value is -2.26. The molecule has 0 fully saturated rings. The van der Waals surface area contributed by atoms with Gasteiger partial charge in [0.05, 0.1) is 0 Å². The minimum atomic E-state index is -0.456. The van der Waals surface area contributed by atoms with Crippen molar-refractivity contribution in [3.63, 3.8) is 0 Å². The van der Waals surface area contributed by atoms with Crippen LogP contribution in [-0.4, -0.2) is 12.3 Å². The standard InChI is InChI=1S/C39H50P2/c1-28(2)32-18-9-13-22-36(32)40(37-23-14-10-19-33(37)29(3)4)26-17-27-41(38-24-15-11-20-34(38)30(5)6)39-25-16-12-21-35(39)31(7)8/h9-16,18-25,28-31H,17,26-27H2,1-8H3. The van der Waals surface area contributed by atoms with Gasteiger partial charge in [-0.05, 0) is 102 Å². The molecule has 0 saturated heterocycles. The molecule has 0 bridgehead atoms. The summed E-state index contributed by atoms with van der Waals surface area (Å²) >= 11 is 0. The summed E-state index contributed by atoms with van der Waals surface area (Å²) in [5, 5.41) is 6.33. The highest BCUT2D eigenvalue weighted by Gasteiger charge is 2.25. The van der Waals surface area contributed by atoms with Crippen LogP contribution >= 0.6 is 15.8 Å². The molecule has 0 nitrogen and oxygen atoms in total. The normalized spacial score (nSPS) is 12.0. The molecule has 4 aromatic rings. The molecule has 0 atom stereocenters. The molecule has 0 heterocycles. The molecule has 0 aliphatic rings. The molecule has 0 saturated carbocycles. The topological polar surface area (TPSA) is 0 Å². The van der Waals surface area contributed by atoms with Crippen molar-refractivity contribution < 1.29 is 0 Å². The van der Waals surface area contributed by atoms with Crippen LogP contribution in [0.3, 0.4) is 0 Å². The maximum absolute atomic E-state index is 2.43. The molecule has 41 heavy (non-hydrogen) atoms. The van der Waals surface area contributed by atoms with Gasteiger partial charge in [-0.2, -0.15) is 0 Å².